The summed E-state index contributed by atoms with van der Waals surface area (Å²) in [4.78, 5) is 0. The van der Waals surface area contributed by atoms with Crippen molar-refractivity contribution in [3.63, 3.8) is 0 Å². The number of pyridine rings is 1. The molecule has 4 aromatic carbocycles. The molecular weight excluding hydrogens is 410 g/mol. The summed E-state index contributed by atoms with van der Waals surface area (Å²) < 4.78 is 2.41. The number of rotatable bonds is 5. The van der Waals surface area contributed by atoms with Crippen LogP contribution < -0.4 is 4.57 Å². The average Bonchev–Trinajstić information content (AvgIpc) is 2.86. The number of nitrogens with zero attached hydrogens (tertiary/aromatic N) is 1. The smallest absolute Gasteiger partial charge is 0.187 e. The molecule has 0 spiro atoms. The second-order valence-electron chi connectivity index (χ2n) is 7.83. The van der Waals surface area contributed by atoms with E-state index in [4.69, 9.17) is 11.6 Å². The van der Waals surface area contributed by atoms with E-state index in [2.05, 4.69) is 114 Å². The lowest BCUT2D eigenvalue weighted by Crippen LogP contribution is -2.39. The molecule has 0 bridgehead atoms. The molecule has 0 radical (unpaired) electrons. The Kier molecular flexibility index (Phi) is 5.83. The molecular formula is C30H23ClN+. The Morgan fingerprint density at radius 3 is 1.50 bits per heavy atom. The highest BCUT2D eigenvalue weighted by molar-refractivity contribution is 6.30. The first-order chi connectivity index (χ1) is 15.8. The monoisotopic (exact) mass is 432 g/mol. The van der Waals surface area contributed by atoms with E-state index in [9.17, 15) is 0 Å². The Hall–Kier alpha value is -3.68. The van der Waals surface area contributed by atoms with Crippen LogP contribution in [0, 0.1) is 0 Å². The fourth-order valence-corrected chi connectivity index (χ4v) is 4.28. The predicted molar refractivity (Wildman–Crippen MR) is 133 cm³/mol. The second-order valence-corrected chi connectivity index (χ2v) is 8.27. The third-order valence-electron chi connectivity index (χ3n) is 5.65. The fraction of sp³-hybridized carbons (Fsp3) is 0.0333. The number of benzene rings is 4. The van der Waals surface area contributed by atoms with Gasteiger partial charge in [0.05, 0.1) is 0 Å². The molecule has 1 aromatic heterocycles. The van der Waals surface area contributed by atoms with Gasteiger partial charge in [-0.3, -0.25) is 0 Å². The van der Waals surface area contributed by atoms with Gasteiger partial charge in [-0.05, 0) is 47.5 Å². The van der Waals surface area contributed by atoms with E-state index >= 15 is 0 Å². The molecule has 1 heterocycles. The number of halogens is 1. The molecule has 5 rings (SSSR count). The maximum atomic E-state index is 6.34. The lowest BCUT2D eigenvalue weighted by molar-refractivity contribution is -0.666. The number of hydrogen-bond donors (Lipinski definition) is 0. The van der Waals surface area contributed by atoms with Gasteiger partial charge in [0.15, 0.2) is 6.54 Å². The summed E-state index contributed by atoms with van der Waals surface area (Å²) in [7, 11) is 0. The van der Waals surface area contributed by atoms with Gasteiger partial charge in [0.25, 0.3) is 0 Å². The SMILES string of the molecule is Clc1cccc(-c2cc(-c3ccccc3)[n+](Cc3ccccc3)c(-c3ccccc3)c2)c1. The van der Waals surface area contributed by atoms with Crippen molar-refractivity contribution in [2.45, 2.75) is 6.54 Å². The Morgan fingerprint density at radius 2 is 0.969 bits per heavy atom. The lowest BCUT2D eigenvalue weighted by atomic mass is 9.98. The van der Waals surface area contributed by atoms with Gasteiger partial charge < -0.3 is 0 Å². The van der Waals surface area contributed by atoms with Crippen LogP contribution in [0.15, 0.2) is 127 Å². The lowest BCUT2D eigenvalue weighted by Gasteiger charge is -2.13. The van der Waals surface area contributed by atoms with Gasteiger partial charge in [0.2, 0.25) is 11.4 Å². The van der Waals surface area contributed by atoms with Crippen LogP contribution in [0.1, 0.15) is 5.56 Å². The Labute approximate surface area is 194 Å². The van der Waals surface area contributed by atoms with Crippen LogP contribution in [0.5, 0.6) is 0 Å². The molecule has 0 amide bonds. The molecule has 154 valence electrons. The van der Waals surface area contributed by atoms with E-state index in [-0.39, 0.29) is 0 Å². The molecule has 0 aliphatic heterocycles. The van der Waals surface area contributed by atoms with E-state index in [0.29, 0.717) is 0 Å². The standard InChI is InChI=1S/C30H23ClN/c31-28-18-10-17-26(19-28)27-20-29(24-13-6-2-7-14-24)32(22-23-11-4-1-5-12-23)30(21-27)25-15-8-3-9-16-25/h1-21H,22H2/q+1. The van der Waals surface area contributed by atoms with Gasteiger partial charge in [-0.25, -0.2) is 0 Å². The third kappa shape index (κ3) is 4.34. The molecule has 5 aromatic rings. The molecule has 32 heavy (non-hydrogen) atoms. The van der Waals surface area contributed by atoms with Crippen molar-refractivity contribution in [2.75, 3.05) is 0 Å². The predicted octanol–water partition coefficient (Wildman–Crippen LogP) is 7.68. The largest absolute Gasteiger partial charge is 0.213 e. The van der Waals surface area contributed by atoms with E-state index in [1.165, 1.54) is 28.1 Å². The van der Waals surface area contributed by atoms with Gasteiger partial charge in [0, 0.05) is 33.8 Å². The minimum atomic E-state index is 0.742. The van der Waals surface area contributed by atoms with Gasteiger partial charge in [-0.15, -0.1) is 0 Å². The molecule has 0 aliphatic rings. The van der Waals surface area contributed by atoms with Crippen LogP contribution in [0.2, 0.25) is 5.02 Å². The second kappa shape index (κ2) is 9.21. The van der Waals surface area contributed by atoms with E-state index in [1.807, 2.05) is 18.2 Å². The highest BCUT2D eigenvalue weighted by atomic mass is 35.5. The van der Waals surface area contributed by atoms with Crippen molar-refractivity contribution in [3.05, 3.63) is 138 Å². The molecule has 0 aliphatic carbocycles. The zero-order chi connectivity index (χ0) is 21.8. The zero-order valence-corrected chi connectivity index (χ0v) is 18.4. The molecule has 1 nitrogen and oxygen atoms in total. The molecule has 0 N–H and O–H groups in total. The number of aromatic nitrogens is 1. The molecule has 0 saturated heterocycles. The van der Waals surface area contributed by atoms with E-state index in [1.54, 1.807) is 0 Å². The number of hydrogen-bond acceptors (Lipinski definition) is 0. The molecule has 2 heteroatoms. The normalized spacial score (nSPS) is 10.8. The first-order valence-electron chi connectivity index (χ1n) is 10.8. The van der Waals surface area contributed by atoms with Gasteiger partial charge in [0.1, 0.15) is 0 Å². The quantitative estimate of drug-likeness (QED) is 0.251. The average molecular weight is 433 g/mol. The summed E-state index contributed by atoms with van der Waals surface area (Å²) >= 11 is 6.34. The van der Waals surface area contributed by atoms with Gasteiger partial charge >= 0.3 is 0 Å². The summed E-state index contributed by atoms with van der Waals surface area (Å²) in [5.41, 5.74) is 8.24. The van der Waals surface area contributed by atoms with Crippen molar-refractivity contribution in [2.24, 2.45) is 0 Å². The minimum absolute atomic E-state index is 0.742. The zero-order valence-electron chi connectivity index (χ0n) is 17.7. The van der Waals surface area contributed by atoms with E-state index in [0.717, 1.165) is 22.7 Å². The molecule has 0 unspecified atom stereocenters. The highest BCUT2D eigenvalue weighted by Gasteiger charge is 2.23. The summed E-state index contributed by atoms with van der Waals surface area (Å²) in [6.45, 7) is 0.783. The molecule has 0 saturated carbocycles. The van der Waals surface area contributed by atoms with Crippen molar-refractivity contribution in [1.82, 2.24) is 0 Å². The van der Waals surface area contributed by atoms with Crippen molar-refractivity contribution < 1.29 is 4.57 Å². The Bertz CT molecular complexity index is 1270. The first kappa shape index (κ1) is 20.2. The maximum absolute atomic E-state index is 6.34. The van der Waals surface area contributed by atoms with Crippen LogP contribution in [0.25, 0.3) is 33.6 Å². The van der Waals surface area contributed by atoms with Crippen molar-refractivity contribution in [3.8, 4) is 33.6 Å². The van der Waals surface area contributed by atoms with Crippen LogP contribution >= 0.6 is 11.6 Å². The molecule has 0 fully saturated rings. The van der Waals surface area contributed by atoms with Crippen molar-refractivity contribution >= 4 is 11.6 Å². The van der Waals surface area contributed by atoms with Gasteiger partial charge in [-0.2, -0.15) is 4.57 Å². The first-order valence-corrected chi connectivity index (χ1v) is 11.1. The minimum Gasteiger partial charge on any atom is -0.187 e. The maximum Gasteiger partial charge on any atom is 0.213 e. The highest BCUT2D eigenvalue weighted by Crippen LogP contribution is 2.30. The van der Waals surface area contributed by atoms with Gasteiger partial charge in [-0.1, -0.05) is 90.5 Å². The van der Waals surface area contributed by atoms with Crippen LogP contribution in [-0.4, -0.2) is 0 Å². The summed E-state index contributed by atoms with van der Waals surface area (Å²) in [5, 5.41) is 0.742. The summed E-state index contributed by atoms with van der Waals surface area (Å²) in [5.74, 6) is 0. The third-order valence-corrected chi connectivity index (χ3v) is 5.88. The summed E-state index contributed by atoms with van der Waals surface area (Å²) in [6.07, 6.45) is 0. The Balaban J connectivity index is 1.80. The van der Waals surface area contributed by atoms with Crippen molar-refractivity contribution in [1.29, 1.82) is 0 Å². The topological polar surface area (TPSA) is 3.88 Å². The molecule has 0 atom stereocenters. The summed E-state index contributed by atoms with van der Waals surface area (Å²) in [6, 6.07) is 44.4. The fourth-order valence-electron chi connectivity index (χ4n) is 4.09. The van der Waals surface area contributed by atoms with Crippen LogP contribution in [-0.2, 0) is 6.54 Å². The Morgan fingerprint density at radius 1 is 0.469 bits per heavy atom. The van der Waals surface area contributed by atoms with Crippen LogP contribution in [0.4, 0.5) is 0 Å². The van der Waals surface area contributed by atoms with E-state index < -0.39 is 0 Å². The van der Waals surface area contributed by atoms with Crippen LogP contribution in [0.3, 0.4) is 0 Å².